The Kier molecular flexibility index (Phi) is 3.67. The Balaban J connectivity index is 1.86. The molecule has 1 aliphatic carbocycles. The van der Waals surface area contributed by atoms with E-state index in [2.05, 4.69) is 12.1 Å². The normalized spacial score (nSPS) is 18.9. The van der Waals surface area contributed by atoms with Gasteiger partial charge in [-0.25, -0.2) is 0 Å². The third-order valence-corrected chi connectivity index (χ3v) is 4.20. The van der Waals surface area contributed by atoms with Crippen LogP contribution in [0.4, 0.5) is 0 Å². The zero-order valence-electron chi connectivity index (χ0n) is 11.6. The second-order valence-corrected chi connectivity index (χ2v) is 5.36. The standard InChI is InChI=1S/C17H21NO/c1-19-17-9-5-3-7-14(17)12-16-15-8-4-2-6-13(15)10-11-18-16/h3,5,7,9H,2,4,6,8,10-12H2,1H3. The van der Waals surface area contributed by atoms with Crippen molar-refractivity contribution in [3.05, 3.63) is 41.0 Å². The summed E-state index contributed by atoms with van der Waals surface area (Å²) in [6, 6.07) is 8.29. The highest BCUT2D eigenvalue weighted by Gasteiger charge is 2.21. The van der Waals surface area contributed by atoms with Gasteiger partial charge in [-0.15, -0.1) is 0 Å². The highest BCUT2D eigenvalue weighted by molar-refractivity contribution is 6.03. The summed E-state index contributed by atoms with van der Waals surface area (Å²) >= 11 is 0. The molecule has 2 aliphatic rings. The predicted molar refractivity (Wildman–Crippen MR) is 79.1 cm³/mol. The molecule has 0 unspecified atom stereocenters. The number of aliphatic imine (C=N–C) groups is 1. The molecule has 0 saturated heterocycles. The minimum atomic E-state index is 0.919. The van der Waals surface area contributed by atoms with Crippen LogP contribution in [0.1, 0.15) is 37.7 Å². The minimum Gasteiger partial charge on any atom is -0.496 e. The fourth-order valence-corrected chi connectivity index (χ4v) is 3.21. The topological polar surface area (TPSA) is 21.6 Å². The van der Waals surface area contributed by atoms with E-state index in [1.807, 2.05) is 12.1 Å². The highest BCUT2D eigenvalue weighted by Crippen LogP contribution is 2.32. The van der Waals surface area contributed by atoms with Gasteiger partial charge in [-0.3, -0.25) is 4.99 Å². The van der Waals surface area contributed by atoms with E-state index >= 15 is 0 Å². The van der Waals surface area contributed by atoms with Crippen LogP contribution in [-0.2, 0) is 6.42 Å². The number of ether oxygens (including phenoxy) is 1. The Bertz CT molecular complexity index is 528. The fraction of sp³-hybridized carbons (Fsp3) is 0.471. The van der Waals surface area contributed by atoms with E-state index in [1.165, 1.54) is 43.4 Å². The lowest BCUT2D eigenvalue weighted by atomic mass is 9.84. The molecule has 0 spiro atoms. The average molecular weight is 255 g/mol. The molecule has 2 heteroatoms. The van der Waals surface area contributed by atoms with Gasteiger partial charge in [-0.1, -0.05) is 23.8 Å². The van der Waals surface area contributed by atoms with Crippen molar-refractivity contribution in [2.75, 3.05) is 13.7 Å². The number of methoxy groups -OCH3 is 1. The minimum absolute atomic E-state index is 0.919. The van der Waals surface area contributed by atoms with E-state index < -0.39 is 0 Å². The Morgan fingerprint density at radius 1 is 1.11 bits per heavy atom. The van der Waals surface area contributed by atoms with Crippen molar-refractivity contribution in [3.63, 3.8) is 0 Å². The van der Waals surface area contributed by atoms with Gasteiger partial charge < -0.3 is 4.74 Å². The molecule has 0 saturated carbocycles. The van der Waals surface area contributed by atoms with Gasteiger partial charge in [-0.05, 0) is 43.7 Å². The van der Waals surface area contributed by atoms with Crippen molar-refractivity contribution in [1.29, 1.82) is 0 Å². The lowest BCUT2D eigenvalue weighted by Crippen LogP contribution is -2.18. The van der Waals surface area contributed by atoms with Gasteiger partial charge in [0.15, 0.2) is 0 Å². The molecule has 0 fully saturated rings. The summed E-state index contributed by atoms with van der Waals surface area (Å²) in [4.78, 5) is 4.79. The van der Waals surface area contributed by atoms with E-state index in [0.29, 0.717) is 0 Å². The lowest BCUT2D eigenvalue weighted by Gasteiger charge is -2.25. The second kappa shape index (κ2) is 5.60. The smallest absolute Gasteiger partial charge is 0.122 e. The van der Waals surface area contributed by atoms with Crippen molar-refractivity contribution in [3.8, 4) is 5.75 Å². The molecule has 19 heavy (non-hydrogen) atoms. The molecule has 0 bridgehead atoms. The number of allylic oxidation sites excluding steroid dienone is 1. The van der Waals surface area contributed by atoms with Crippen molar-refractivity contribution in [1.82, 2.24) is 0 Å². The van der Waals surface area contributed by atoms with E-state index in [1.54, 1.807) is 18.3 Å². The third-order valence-electron chi connectivity index (χ3n) is 4.20. The first-order valence-electron chi connectivity index (χ1n) is 7.25. The third kappa shape index (κ3) is 2.58. The summed E-state index contributed by atoms with van der Waals surface area (Å²) in [5.41, 5.74) is 5.79. The lowest BCUT2D eigenvalue weighted by molar-refractivity contribution is 0.411. The van der Waals surface area contributed by atoms with Gasteiger partial charge in [0, 0.05) is 24.2 Å². The maximum Gasteiger partial charge on any atom is 0.122 e. The van der Waals surface area contributed by atoms with E-state index in [0.717, 1.165) is 18.7 Å². The number of nitrogens with zero attached hydrogens (tertiary/aromatic N) is 1. The predicted octanol–water partition coefficient (Wildman–Crippen LogP) is 3.95. The molecule has 1 aromatic rings. The van der Waals surface area contributed by atoms with Crippen LogP contribution < -0.4 is 4.74 Å². The van der Waals surface area contributed by atoms with Crippen LogP contribution in [0.5, 0.6) is 5.75 Å². The molecule has 0 N–H and O–H groups in total. The first kappa shape index (κ1) is 12.5. The van der Waals surface area contributed by atoms with Gasteiger partial charge in [0.05, 0.1) is 7.11 Å². The van der Waals surface area contributed by atoms with Crippen molar-refractivity contribution < 1.29 is 4.74 Å². The molecular weight excluding hydrogens is 234 g/mol. The number of hydrogen-bond donors (Lipinski definition) is 0. The Hall–Kier alpha value is -1.57. The van der Waals surface area contributed by atoms with E-state index in [4.69, 9.17) is 9.73 Å². The van der Waals surface area contributed by atoms with Crippen molar-refractivity contribution in [2.24, 2.45) is 4.99 Å². The monoisotopic (exact) mass is 255 g/mol. The summed E-state index contributed by atoms with van der Waals surface area (Å²) in [5.74, 6) is 0.980. The van der Waals surface area contributed by atoms with Crippen molar-refractivity contribution >= 4 is 5.71 Å². The molecule has 2 nitrogen and oxygen atoms in total. The van der Waals surface area contributed by atoms with Crippen molar-refractivity contribution in [2.45, 2.75) is 38.5 Å². The molecular formula is C17H21NO. The Morgan fingerprint density at radius 2 is 1.95 bits per heavy atom. The SMILES string of the molecule is COc1ccccc1CC1=NCCC2=C1CCCC2. The zero-order chi connectivity index (χ0) is 13.1. The summed E-state index contributed by atoms with van der Waals surface area (Å²) < 4.78 is 5.45. The summed E-state index contributed by atoms with van der Waals surface area (Å²) in [7, 11) is 1.74. The number of benzene rings is 1. The molecule has 3 rings (SSSR count). The molecule has 0 aromatic heterocycles. The van der Waals surface area contributed by atoms with E-state index in [9.17, 15) is 0 Å². The fourth-order valence-electron chi connectivity index (χ4n) is 3.21. The molecule has 1 aliphatic heterocycles. The van der Waals surface area contributed by atoms with Crippen LogP contribution >= 0.6 is 0 Å². The Morgan fingerprint density at radius 3 is 2.84 bits per heavy atom. The maximum absolute atomic E-state index is 5.45. The van der Waals surface area contributed by atoms with Gasteiger partial charge in [0.2, 0.25) is 0 Å². The first-order chi connectivity index (χ1) is 9.38. The zero-order valence-corrected chi connectivity index (χ0v) is 11.6. The molecule has 1 aromatic carbocycles. The molecule has 1 heterocycles. The number of hydrogen-bond acceptors (Lipinski definition) is 2. The molecule has 0 atom stereocenters. The van der Waals surface area contributed by atoms with E-state index in [-0.39, 0.29) is 0 Å². The van der Waals surface area contributed by atoms with Crippen LogP contribution in [0, 0.1) is 0 Å². The molecule has 0 radical (unpaired) electrons. The van der Waals surface area contributed by atoms with Gasteiger partial charge in [0.1, 0.15) is 5.75 Å². The number of dihydropyridines is 1. The van der Waals surface area contributed by atoms with Gasteiger partial charge in [-0.2, -0.15) is 0 Å². The second-order valence-electron chi connectivity index (χ2n) is 5.36. The molecule has 0 amide bonds. The highest BCUT2D eigenvalue weighted by atomic mass is 16.5. The molecule has 100 valence electrons. The largest absolute Gasteiger partial charge is 0.496 e. The summed E-state index contributed by atoms with van der Waals surface area (Å²) in [6.07, 6.45) is 7.31. The number of para-hydroxylation sites is 1. The maximum atomic E-state index is 5.45. The summed E-state index contributed by atoms with van der Waals surface area (Å²) in [6.45, 7) is 0.976. The van der Waals surface area contributed by atoms with Crippen LogP contribution in [0.2, 0.25) is 0 Å². The van der Waals surface area contributed by atoms with Crippen LogP contribution in [0.25, 0.3) is 0 Å². The number of rotatable bonds is 3. The van der Waals surface area contributed by atoms with Gasteiger partial charge in [0.25, 0.3) is 0 Å². The van der Waals surface area contributed by atoms with Gasteiger partial charge >= 0.3 is 0 Å². The first-order valence-corrected chi connectivity index (χ1v) is 7.25. The van der Waals surface area contributed by atoms with Crippen LogP contribution in [0.15, 0.2) is 40.4 Å². The average Bonchev–Trinajstić information content (AvgIpc) is 2.48. The quantitative estimate of drug-likeness (QED) is 0.801. The summed E-state index contributed by atoms with van der Waals surface area (Å²) in [5, 5.41) is 0. The Labute approximate surface area is 115 Å². The van der Waals surface area contributed by atoms with Crippen LogP contribution in [0.3, 0.4) is 0 Å². The van der Waals surface area contributed by atoms with Crippen LogP contribution in [-0.4, -0.2) is 19.4 Å².